The molecule has 3 rings (SSSR count). The Morgan fingerprint density at radius 2 is 2.10 bits per heavy atom. The molecule has 1 aliphatic rings. The quantitative estimate of drug-likeness (QED) is 0.775. The van der Waals surface area contributed by atoms with Crippen molar-refractivity contribution in [1.29, 1.82) is 0 Å². The molecule has 1 nitrogen and oxygen atoms in total. The van der Waals surface area contributed by atoms with E-state index in [0.717, 1.165) is 16.0 Å². The minimum atomic E-state index is 0.440. The molecule has 1 aliphatic heterocycles. The zero-order chi connectivity index (χ0) is 13.9. The number of thioether (sulfide) groups is 1. The molecule has 1 atom stereocenters. The highest BCUT2D eigenvalue weighted by molar-refractivity contribution is 9.10. The van der Waals surface area contributed by atoms with Gasteiger partial charge in [-0.1, -0.05) is 51.8 Å². The summed E-state index contributed by atoms with van der Waals surface area (Å²) in [6.07, 6.45) is 1.17. The lowest BCUT2D eigenvalue weighted by atomic mass is 10.0. The normalized spacial score (nSPS) is 17.8. The van der Waals surface area contributed by atoms with Crippen molar-refractivity contribution >= 4 is 39.3 Å². The van der Waals surface area contributed by atoms with Gasteiger partial charge < -0.3 is 5.32 Å². The van der Waals surface area contributed by atoms with Gasteiger partial charge in [-0.2, -0.15) is 0 Å². The van der Waals surface area contributed by atoms with Crippen LogP contribution in [0.5, 0.6) is 0 Å². The Bertz CT molecular complexity index is 617. The van der Waals surface area contributed by atoms with Crippen molar-refractivity contribution < 1.29 is 0 Å². The minimum Gasteiger partial charge on any atom is -0.306 e. The lowest BCUT2D eigenvalue weighted by Gasteiger charge is -2.26. The Kier molecular flexibility index (Phi) is 4.72. The second-order valence-corrected chi connectivity index (χ2v) is 7.27. The van der Waals surface area contributed by atoms with Gasteiger partial charge in [0.25, 0.3) is 0 Å². The summed E-state index contributed by atoms with van der Waals surface area (Å²) in [5.41, 5.74) is 2.67. The summed E-state index contributed by atoms with van der Waals surface area (Å²) in [5, 5.41) is 4.43. The van der Waals surface area contributed by atoms with Crippen molar-refractivity contribution in [3.63, 3.8) is 0 Å². The third-order valence-corrected chi connectivity index (χ3v) is 5.61. The van der Waals surface area contributed by atoms with Gasteiger partial charge >= 0.3 is 0 Å². The van der Waals surface area contributed by atoms with Crippen LogP contribution in [0.3, 0.4) is 0 Å². The van der Waals surface area contributed by atoms with Gasteiger partial charge in [0.1, 0.15) is 0 Å². The van der Waals surface area contributed by atoms with Gasteiger partial charge in [0, 0.05) is 27.0 Å². The van der Waals surface area contributed by atoms with E-state index in [4.69, 9.17) is 11.6 Å². The van der Waals surface area contributed by atoms with Gasteiger partial charge in [-0.25, -0.2) is 0 Å². The van der Waals surface area contributed by atoms with Crippen molar-refractivity contribution in [1.82, 2.24) is 5.32 Å². The van der Waals surface area contributed by atoms with E-state index in [-0.39, 0.29) is 0 Å². The first-order valence-electron chi connectivity index (χ1n) is 6.63. The predicted molar refractivity (Wildman–Crippen MR) is 90.5 cm³/mol. The van der Waals surface area contributed by atoms with Crippen molar-refractivity contribution in [3.8, 4) is 0 Å². The molecule has 2 aromatic carbocycles. The van der Waals surface area contributed by atoms with Gasteiger partial charge in [-0.3, -0.25) is 0 Å². The predicted octanol–water partition coefficient (Wildman–Crippen LogP) is 5.43. The molecular formula is C16H15BrClNS. The smallest absolute Gasteiger partial charge is 0.0417 e. The maximum Gasteiger partial charge on any atom is 0.0417 e. The first-order chi connectivity index (χ1) is 9.74. The van der Waals surface area contributed by atoms with Crippen molar-refractivity contribution in [2.45, 2.75) is 23.9 Å². The maximum absolute atomic E-state index is 5.98. The van der Waals surface area contributed by atoms with Crippen molar-refractivity contribution in [2.24, 2.45) is 0 Å². The molecule has 0 radical (unpaired) electrons. The van der Waals surface area contributed by atoms with Crippen LogP contribution in [0.4, 0.5) is 0 Å². The average Bonchev–Trinajstić information content (AvgIpc) is 2.46. The van der Waals surface area contributed by atoms with Crippen LogP contribution < -0.4 is 5.32 Å². The highest BCUT2D eigenvalue weighted by Crippen LogP contribution is 2.36. The van der Waals surface area contributed by atoms with Crippen molar-refractivity contribution in [2.75, 3.05) is 5.75 Å². The fourth-order valence-electron chi connectivity index (χ4n) is 2.45. The molecule has 0 aromatic heterocycles. The van der Waals surface area contributed by atoms with E-state index in [1.807, 2.05) is 23.9 Å². The number of halogens is 2. The molecule has 1 unspecified atom stereocenters. The van der Waals surface area contributed by atoms with Crippen LogP contribution in [0.25, 0.3) is 0 Å². The molecule has 2 aromatic rings. The Labute approximate surface area is 137 Å². The Balaban J connectivity index is 1.73. The lowest BCUT2D eigenvalue weighted by molar-refractivity contribution is 0.509. The Hall–Kier alpha value is -0.480. The summed E-state index contributed by atoms with van der Waals surface area (Å²) in [7, 11) is 0. The van der Waals surface area contributed by atoms with E-state index in [1.54, 1.807) is 0 Å². The molecule has 1 N–H and O–H groups in total. The minimum absolute atomic E-state index is 0.440. The highest BCUT2D eigenvalue weighted by atomic mass is 79.9. The number of hydrogen-bond donors (Lipinski definition) is 1. The maximum atomic E-state index is 5.98. The molecule has 0 saturated carbocycles. The highest BCUT2D eigenvalue weighted by Gasteiger charge is 2.19. The van der Waals surface area contributed by atoms with E-state index in [2.05, 4.69) is 51.6 Å². The molecule has 0 saturated heterocycles. The van der Waals surface area contributed by atoms with E-state index < -0.39 is 0 Å². The van der Waals surface area contributed by atoms with Gasteiger partial charge in [0.05, 0.1) is 0 Å². The van der Waals surface area contributed by atoms with E-state index in [9.17, 15) is 0 Å². The van der Waals surface area contributed by atoms with E-state index in [0.29, 0.717) is 6.04 Å². The van der Waals surface area contributed by atoms with Crippen LogP contribution >= 0.6 is 39.3 Å². The second-order valence-electron chi connectivity index (χ2n) is 4.84. The van der Waals surface area contributed by atoms with Crippen molar-refractivity contribution in [3.05, 3.63) is 63.1 Å². The van der Waals surface area contributed by atoms with Crippen LogP contribution in [0, 0.1) is 0 Å². The molecule has 20 heavy (non-hydrogen) atoms. The lowest BCUT2D eigenvalue weighted by Crippen LogP contribution is -2.24. The van der Waals surface area contributed by atoms with Gasteiger partial charge in [-0.05, 0) is 41.5 Å². The van der Waals surface area contributed by atoms with Crippen LogP contribution in [0.1, 0.15) is 23.6 Å². The van der Waals surface area contributed by atoms with Gasteiger partial charge in [0.15, 0.2) is 0 Å². The fraction of sp³-hybridized carbons (Fsp3) is 0.250. The first kappa shape index (κ1) is 14.5. The topological polar surface area (TPSA) is 12.0 Å². The summed E-state index contributed by atoms with van der Waals surface area (Å²) in [5.74, 6) is 1.18. The molecule has 104 valence electrons. The standard InChI is InChI=1S/C16H15BrClNS/c17-14-9-12(18)6-5-11(14)10-19-15-7-8-20-16-4-2-1-3-13(15)16/h1-6,9,15,19H,7-8,10H2. The summed E-state index contributed by atoms with van der Waals surface area (Å²) in [4.78, 5) is 1.41. The number of benzene rings is 2. The average molecular weight is 369 g/mol. The second kappa shape index (κ2) is 6.52. The van der Waals surface area contributed by atoms with Crippen LogP contribution in [-0.2, 0) is 6.54 Å². The van der Waals surface area contributed by atoms with Crippen LogP contribution in [0.15, 0.2) is 51.8 Å². The Morgan fingerprint density at radius 3 is 2.95 bits per heavy atom. The number of rotatable bonds is 3. The summed E-state index contributed by atoms with van der Waals surface area (Å²) < 4.78 is 1.07. The number of nitrogens with one attached hydrogen (secondary N) is 1. The third-order valence-electron chi connectivity index (χ3n) is 3.51. The van der Waals surface area contributed by atoms with Crippen LogP contribution in [-0.4, -0.2) is 5.75 Å². The molecule has 0 spiro atoms. The van der Waals surface area contributed by atoms with Gasteiger partial charge in [-0.15, -0.1) is 11.8 Å². The monoisotopic (exact) mass is 367 g/mol. The Morgan fingerprint density at radius 1 is 1.25 bits per heavy atom. The zero-order valence-corrected chi connectivity index (χ0v) is 14.1. The number of hydrogen-bond acceptors (Lipinski definition) is 2. The fourth-order valence-corrected chi connectivity index (χ4v) is 4.40. The SMILES string of the molecule is Clc1ccc(CNC2CCSc3ccccc32)c(Br)c1. The molecule has 0 bridgehead atoms. The molecular weight excluding hydrogens is 354 g/mol. The third kappa shape index (κ3) is 3.22. The van der Waals surface area contributed by atoms with E-state index in [1.165, 1.54) is 28.2 Å². The summed E-state index contributed by atoms with van der Waals surface area (Å²) in [6, 6.07) is 15.1. The summed E-state index contributed by atoms with van der Waals surface area (Å²) in [6.45, 7) is 0.849. The van der Waals surface area contributed by atoms with Gasteiger partial charge in [0.2, 0.25) is 0 Å². The molecule has 1 heterocycles. The molecule has 4 heteroatoms. The summed E-state index contributed by atoms with van der Waals surface area (Å²) >= 11 is 11.5. The molecule has 0 fully saturated rings. The number of fused-ring (bicyclic) bond motifs is 1. The van der Waals surface area contributed by atoms with Crippen LogP contribution in [0.2, 0.25) is 5.02 Å². The van der Waals surface area contributed by atoms with E-state index >= 15 is 0 Å². The largest absolute Gasteiger partial charge is 0.306 e. The zero-order valence-electron chi connectivity index (χ0n) is 10.9. The molecule has 0 amide bonds. The first-order valence-corrected chi connectivity index (χ1v) is 8.79. The molecule has 0 aliphatic carbocycles.